The maximum Gasteiger partial charge on any atom is 0.412 e. The Bertz CT molecular complexity index is 1090. The molecule has 8 nitrogen and oxygen atoms in total. The summed E-state index contributed by atoms with van der Waals surface area (Å²) in [4.78, 5) is 29.3. The van der Waals surface area contributed by atoms with Crippen LogP contribution in [0, 0.1) is 12.8 Å². The van der Waals surface area contributed by atoms with Crippen molar-refractivity contribution in [2.75, 3.05) is 10.6 Å². The fourth-order valence-electron chi connectivity index (χ4n) is 3.99. The fraction of sp³-hybridized carbons (Fsp3) is 0.360. The van der Waals surface area contributed by atoms with Crippen molar-refractivity contribution < 1.29 is 18.8 Å². The molecule has 2 aromatic heterocycles. The van der Waals surface area contributed by atoms with Crippen molar-refractivity contribution in [3.05, 3.63) is 59.9 Å². The number of ether oxygens (including phenoxy) is 1. The molecule has 2 heterocycles. The molecular formula is C25H28N4O4. The van der Waals surface area contributed by atoms with Gasteiger partial charge in [-0.15, -0.1) is 0 Å². The van der Waals surface area contributed by atoms with E-state index < -0.39 is 12.2 Å². The minimum atomic E-state index is -0.615. The van der Waals surface area contributed by atoms with Crippen molar-refractivity contribution in [2.24, 2.45) is 5.92 Å². The van der Waals surface area contributed by atoms with Crippen LogP contribution in [0.15, 0.2) is 53.2 Å². The van der Waals surface area contributed by atoms with Crippen molar-refractivity contribution in [1.82, 2.24) is 10.1 Å². The summed E-state index contributed by atoms with van der Waals surface area (Å²) in [7, 11) is 0. The van der Waals surface area contributed by atoms with Crippen molar-refractivity contribution in [1.29, 1.82) is 0 Å². The molecule has 1 saturated carbocycles. The number of pyridine rings is 1. The fourth-order valence-corrected chi connectivity index (χ4v) is 3.99. The van der Waals surface area contributed by atoms with E-state index in [-0.39, 0.29) is 11.8 Å². The molecule has 8 heteroatoms. The van der Waals surface area contributed by atoms with Gasteiger partial charge in [-0.2, -0.15) is 0 Å². The molecule has 0 spiro atoms. The predicted molar refractivity (Wildman–Crippen MR) is 125 cm³/mol. The van der Waals surface area contributed by atoms with Crippen LogP contribution in [-0.4, -0.2) is 22.1 Å². The van der Waals surface area contributed by atoms with Crippen LogP contribution in [0.2, 0.25) is 0 Å². The highest BCUT2D eigenvalue weighted by molar-refractivity contribution is 5.93. The van der Waals surface area contributed by atoms with Gasteiger partial charge in [0, 0.05) is 5.92 Å². The molecule has 0 unspecified atom stereocenters. The zero-order chi connectivity index (χ0) is 23.2. The molecular weight excluding hydrogens is 420 g/mol. The third-order valence-corrected chi connectivity index (χ3v) is 5.88. The average molecular weight is 449 g/mol. The molecule has 0 saturated heterocycles. The first-order chi connectivity index (χ1) is 16.0. The van der Waals surface area contributed by atoms with Gasteiger partial charge >= 0.3 is 6.09 Å². The smallest absolute Gasteiger partial charge is 0.412 e. The number of rotatable bonds is 6. The number of amides is 2. The molecule has 2 N–H and O–H groups in total. The topological polar surface area (TPSA) is 106 Å². The Morgan fingerprint density at radius 3 is 2.52 bits per heavy atom. The highest BCUT2D eigenvalue weighted by Gasteiger charge is 2.23. The van der Waals surface area contributed by atoms with Gasteiger partial charge in [-0.1, -0.05) is 54.8 Å². The summed E-state index contributed by atoms with van der Waals surface area (Å²) in [5.41, 5.74) is 2.90. The third-order valence-electron chi connectivity index (χ3n) is 5.88. The van der Waals surface area contributed by atoms with Gasteiger partial charge in [-0.25, -0.2) is 4.79 Å². The predicted octanol–water partition coefficient (Wildman–Crippen LogP) is 5.87. The lowest BCUT2D eigenvalue weighted by Gasteiger charge is -2.20. The number of hydrogen-bond donors (Lipinski definition) is 2. The lowest BCUT2D eigenvalue weighted by Crippen LogP contribution is -2.24. The van der Waals surface area contributed by atoms with Gasteiger partial charge in [0.25, 0.3) is 0 Å². The Hall–Kier alpha value is -3.68. The summed E-state index contributed by atoms with van der Waals surface area (Å²) in [6.45, 7) is 3.53. The Morgan fingerprint density at radius 1 is 1.06 bits per heavy atom. The number of aromatic nitrogens is 2. The van der Waals surface area contributed by atoms with E-state index in [0.717, 1.165) is 31.2 Å². The summed E-state index contributed by atoms with van der Waals surface area (Å²) in [5.74, 6) is 0.426. The van der Waals surface area contributed by atoms with Gasteiger partial charge in [-0.3, -0.25) is 15.1 Å². The lowest BCUT2D eigenvalue weighted by atomic mass is 9.88. The Morgan fingerprint density at radius 2 is 1.82 bits per heavy atom. The number of hydrogen-bond acceptors (Lipinski definition) is 6. The number of nitrogens with one attached hydrogen (secondary N) is 2. The minimum Gasteiger partial charge on any atom is -0.441 e. The molecule has 172 valence electrons. The van der Waals surface area contributed by atoms with E-state index in [2.05, 4.69) is 20.8 Å². The van der Waals surface area contributed by atoms with Crippen LogP contribution in [0.3, 0.4) is 0 Å². The van der Waals surface area contributed by atoms with E-state index >= 15 is 0 Å². The minimum absolute atomic E-state index is 0.0393. The number of benzene rings is 1. The molecule has 1 aromatic carbocycles. The van der Waals surface area contributed by atoms with Crippen molar-refractivity contribution in [2.45, 2.75) is 52.1 Å². The quantitative estimate of drug-likeness (QED) is 0.488. The Balaban J connectivity index is 1.41. The van der Waals surface area contributed by atoms with E-state index in [1.54, 1.807) is 32.2 Å². The summed E-state index contributed by atoms with van der Waals surface area (Å²) < 4.78 is 10.9. The van der Waals surface area contributed by atoms with Crippen LogP contribution in [-0.2, 0) is 9.53 Å². The molecule has 1 aliphatic rings. The van der Waals surface area contributed by atoms with E-state index in [9.17, 15) is 9.59 Å². The molecule has 1 aliphatic carbocycles. The summed E-state index contributed by atoms with van der Waals surface area (Å²) in [6.07, 6.45) is 5.81. The maximum atomic E-state index is 12.5. The SMILES string of the molecule is Cc1noc(-c2ccc(NC(=O)C3CCCCC3)cn2)c1NC(=O)O[C@H](C)c1ccccc1. The molecule has 33 heavy (non-hydrogen) atoms. The first-order valence-corrected chi connectivity index (χ1v) is 11.3. The average Bonchev–Trinajstić information content (AvgIpc) is 3.20. The lowest BCUT2D eigenvalue weighted by molar-refractivity contribution is -0.120. The zero-order valence-corrected chi connectivity index (χ0v) is 18.8. The summed E-state index contributed by atoms with van der Waals surface area (Å²) in [5, 5.41) is 9.62. The van der Waals surface area contributed by atoms with Gasteiger partial charge in [0.2, 0.25) is 11.7 Å². The van der Waals surface area contributed by atoms with Crippen LogP contribution >= 0.6 is 0 Å². The molecule has 0 aliphatic heterocycles. The first kappa shape index (κ1) is 22.5. The van der Waals surface area contributed by atoms with Crippen LogP contribution in [0.5, 0.6) is 0 Å². The second-order valence-electron chi connectivity index (χ2n) is 8.31. The van der Waals surface area contributed by atoms with E-state index in [1.165, 1.54) is 6.42 Å². The standard InChI is InChI=1S/C25H28N4O4/c1-16-22(28-25(31)32-17(2)18-9-5-3-6-10-18)23(33-29-16)21-14-13-20(15-26-21)27-24(30)19-11-7-4-8-12-19/h3,5-6,9-10,13-15,17,19H,4,7-8,11-12H2,1-2H3,(H,27,30)(H,28,31)/t17-/m1/s1. The first-order valence-electron chi connectivity index (χ1n) is 11.3. The molecule has 2 amide bonds. The third kappa shape index (κ3) is 5.58. The number of nitrogens with zero attached hydrogens (tertiary/aromatic N) is 2. The van der Waals surface area contributed by atoms with Crippen LogP contribution in [0.25, 0.3) is 11.5 Å². The molecule has 4 rings (SSSR count). The summed E-state index contributed by atoms with van der Waals surface area (Å²) in [6, 6.07) is 13.0. The molecule has 3 aromatic rings. The van der Waals surface area contributed by atoms with Crippen molar-refractivity contribution in [3.63, 3.8) is 0 Å². The van der Waals surface area contributed by atoms with Crippen LogP contribution < -0.4 is 10.6 Å². The second-order valence-corrected chi connectivity index (χ2v) is 8.31. The second kappa shape index (κ2) is 10.3. The number of carbonyl (C=O) groups is 2. The molecule has 1 fully saturated rings. The van der Waals surface area contributed by atoms with Crippen molar-refractivity contribution >= 4 is 23.4 Å². The largest absolute Gasteiger partial charge is 0.441 e. The number of carbonyl (C=O) groups excluding carboxylic acids is 2. The van der Waals surface area contributed by atoms with Gasteiger partial charge in [0.1, 0.15) is 23.2 Å². The Labute approximate surface area is 192 Å². The highest BCUT2D eigenvalue weighted by atomic mass is 16.6. The van der Waals surface area contributed by atoms with E-state index in [0.29, 0.717) is 28.5 Å². The summed E-state index contributed by atoms with van der Waals surface area (Å²) >= 11 is 0. The van der Waals surface area contributed by atoms with Gasteiger partial charge in [0.05, 0.1) is 11.9 Å². The zero-order valence-electron chi connectivity index (χ0n) is 18.8. The van der Waals surface area contributed by atoms with E-state index in [4.69, 9.17) is 9.26 Å². The van der Waals surface area contributed by atoms with Crippen LogP contribution in [0.4, 0.5) is 16.2 Å². The maximum absolute atomic E-state index is 12.5. The molecule has 1 atom stereocenters. The van der Waals surface area contributed by atoms with E-state index in [1.807, 2.05) is 30.3 Å². The molecule has 0 bridgehead atoms. The Kier molecular flexibility index (Phi) is 7.02. The number of aryl methyl sites for hydroxylation is 1. The normalized spacial score (nSPS) is 15.0. The highest BCUT2D eigenvalue weighted by Crippen LogP contribution is 2.31. The molecule has 0 radical (unpaired) electrons. The number of anilines is 2. The van der Waals surface area contributed by atoms with Crippen LogP contribution in [0.1, 0.15) is 56.4 Å². The van der Waals surface area contributed by atoms with Gasteiger partial charge in [0.15, 0.2) is 0 Å². The van der Waals surface area contributed by atoms with Crippen molar-refractivity contribution in [3.8, 4) is 11.5 Å². The monoisotopic (exact) mass is 448 g/mol. The van der Waals surface area contributed by atoms with Gasteiger partial charge in [-0.05, 0) is 44.4 Å². The van der Waals surface area contributed by atoms with Gasteiger partial charge < -0.3 is 14.6 Å².